The van der Waals surface area contributed by atoms with Crippen molar-refractivity contribution in [1.82, 2.24) is 10.2 Å². The van der Waals surface area contributed by atoms with E-state index < -0.39 is 0 Å². The van der Waals surface area contributed by atoms with Gasteiger partial charge in [-0.05, 0) is 37.1 Å². The molecule has 2 aromatic heterocycles. The van der Waals surface area contributed by atoms with Crippen molar-refractivity contribution >= 4 is 17.5 Å². The quantitative estimate of drug-likeness (QED) is 0.894. The maximum Gasteiger partial charge on any atom is 0.292 e. The monoisotopic (exact) mass is 272 g/mol. The molecule has 0 unspecified atom stereocenters. The summed E-state index contributed by atoms with van der Waals surface area (Å²) in [5, 5.41) is 14.0. The first-order chi connectivity index (χ1) is 9.81. The highest BCUT2D eigenvalue weighted by Gasteiger charge is 2.15. The number of carbonyl (C=O) groups excluding carboxylic acids is 1. The molecule has 0 spiro atoms. The number of furan rings is 1. The van der Waals surface area contributed by atoms with Crippen LogP contribution in [-0.2, 0) is 0 Å². The minimum absolute atomic E-state index is 0.250. The summed E-state index contributed by atoms with van der Waals surface area (Å²) < 4.78 is 5.01. The lowest BCUT2D eigenvalue weighted by atomic mass is 10.2. The summed E-state index contributed by atoms with van der Waals surface area (Å²) in [5.74, 6) is 1.07. The number of anilines is 2. The van der Waals surface area contributed by atoms with E-state index in [0.29, 0.717) is 11.9 Å². The Bertz CT molecular complexity index is 559. The first kappa shape index (κ1) is 12.7. The van der Waals surface area contributed by atoms with Crippen molar-refractivity contribution in [1.29, 1.82) is 0 Å². The fourth-order valence-electron chi connectivity index (χ4n) is 2.34. The third kappa shape index (κ3) is 2.96. The predicted octanol–water partition coefficient (Wildman–Crippen LogP) is 2.68. The normalized spacial score (nSPS) is 15.2. The lowest BCUT2D eigenvalue weighted by molar-refractivity contribution is 0.0996. The van der Waals surface area contributed by atoms with E-state index in [0.717, 1.165) is 5.82 Å². The van der Waals surface area contributed by atoms with Gasteiger partial charge in [-0.2, -0.15) is 0 Å². The van der Waals surface area contributed by atoms with Gasteiger partial charge < -0.3 is 15.1 Å². The number of amides is 1. The topological polar surface area (TPSA) is 80.0 Å². The number of hydrogen-bond acceptors (Lipinski definition) is 5. The van der Waals surface area contributed by atoms with Gasteiger partial charge in [0, 0.05) is 6.04 Å². The molecule has 6 nitrogen and oxygen atoms in total. The highest BCUT2D eigenvalue weighted by atomic mass is 16.3. The van der Waals surface area contributed by atoms with Crippen LogP contribution in [0.25, 0.3) is 0 Å². The Morgan fingerprint density at radius 2 is 1.90 bits per heavy atom. The molecule has 2 aromatic rings. The van der Waals surface area contributed by atoms with E-state index in [1.807, 2.05) is 6.07 Å². The molecule has 0 radical (unpaired) electrons. The van der Waals surface area contributed by atoms with Gasteiger partial charge in [-0.25, -0.2) is 0 Å². The smallest absolute Gasteiger partial charge is 0.292 e. The summed E-state index contributed by atoms with van der Waals surface area (Å²) in [5.41, 5.74) is 0. The molecular weight excluding hydrogens is 256 g/mol. The van der Waals surface area contributed by atoms with Gasteiger partial charge in [0.2, 0.25) is 0 Å². The van der Waals surface area contributed by atoms with Crippen LogP contribution < -0.4 is 10.6 Å². The zero-order valence-corrected chi connectivity index (χ0v) is 11.0. The molecule has 2 heterocycles. The maximum absolute atomic E-state index is 11.8. The minimum Gasteiger partial charge on any atom is -0.459 e. The van der Waals surface area contributed by atoms with E-state index in [4.69, 9.17) is 4.42 Å². The Kier molecular flexibility index (Phi) is 3.62. The molecule has 1 aliphatic carbocycles. The molecule has 20 heavy (non-hydrogen) atoms. The van der Waals surface area contributed by atoms with Gasteiger partial charge in [0.15, 0.2) is 11.6 Å². The second-order valence-electron chi connectivity index (χ2n) is 4.86. The molecule has 1 amide bonds. The molecule has 1 aliphatic rings. The molecule has 0 bridgehead atoms. The van der Waals surface area contributed by atoms with Gasteiger partial charge >= 0.3 is 0 Å². The van der Waals surface area contributed by atoms with Crippen LogP contribution in [0, 0.1) is 0 Å². The van der Waals surface area contributed by atoms with Crippen molar-refractivity contribution in [3.8, 4) is 0 Å². The fourth-order valence-corrected chi connectivity index (χ4v) is 2.34. The molecule has 0 aromatic carbocycles. The number of rotatable bonds is 4. The Morgan fingerprint density at radius 3 is 2.55 bits per heavy atom. The van der Waals surface area contributed by atoms with Crippen LogP contribution >= 0.6 is 0 Å². The molecule has 1 fully saturated rings. The minimum atomic E-state index is -0.333. The Hall–Kier alpha value is -2.37. The Labute approximate surface area is 116 Å². The van der Waals surface area contributed by atoms with Crippen LogP contribution in [0.2, 0.25) is 0 Å². The second-order valence-corrected chi connectivity index (χ2v) is 4.86. The van der Waals surface area contributed by atoms with Crippen LogP contribution in [-0.4, -0.2) is 22.1 Å². The standard InChI is InChI=1S/C14H16N4O2/c19-14(11-6-3-9-20-11)16-13-8-7-12(17-18-13)15-10-4-1-2-5-10/h3,6-10H,1-2,4-5H2,(H,15,17)(H,16,18,19). The molecular formula is C14H16N4O2. The summed E-state index contributed by atoms with van der Waals surface area (Å²) in [7, 11) is 0. The third-order valence-electron chi connectivity index (χ3n) is 3.36. The summed E-state index contributed by atoms with van der Waals surface area (Å²) >= 11 is 0. The molecule has 2 N–H and O–H groups in total. The highest BCUT2D eigenvalue weighted by molar-refractivity contribution is 6.01. The Balaban J connectivity index is 1.59. The first-order valence-electron chi connectivity index (χ1n) is 6.76. The van der Waals surface area contributed by atoms with Crippen molar-refractivity contribution in [2.24, 2.45) is 0 Å². The average Bonchev–Trinajstić information content (AvgIpc) is 3.13. The van der Waals surface area contributed by atoms with Crippen LogP contribution in [0.3, 0.4) is 0 Å². The molecule has 3 rings (SSSR count). The predicted molar refractivity (Wildman–Crippen MR) is 74.6 cm³/mol. The zero-order chi connectivity index (χ0) is 13.8. The van der Waals surface area contributed by atoms with E-state index in [-0.39, 0.29) is 11.7 Å². The molecule has 1 saturated carbocycles. The van der Waals surface area contributed by atoms with Gasteiger partial charge in [-0.15, -0.1) is 10.2 Å². The summed E-state index contributed by atoms with van der Waals surface area (Å²) in [4.78, 5) is 11.8. The van der Waals surface area contributed by atoms with Gasteiger partial charge in [-0.3, -0.25) is 4.79 Å². The van der Waals surface area contributed by atoms with E-state index in [9.17, 15) is 4.79 Å². The van der Waals surface area contributed by atoms with Gasteiger partial charge in [0.25, 0.3) is 5.91 Å². The molecule has 0 aliphatic heterocycles. The summed E-state index contributed by atoms with van der Waals surface area (Å²) in [6.07, 6.45) is 6.34. The second kappa shape index (κ2) is 5.73. The van der Waals surface area contributed by atoms with E-state index in [1.165, 1.54) is 31.9 Å². The largest absolute Gasteiger partial charge is 0.459 e. The average molecular weight is 272 g/mol. The first-order valence-corrected chi connectivity index (χ1v) is 6.76. The van der Waals surface area contributed by atoms with Crippen molar-refractivity contribution in [2.75, 3.05) is 10.6 Å². The number of nitrogens with one attached hydrogen (secondary N) is 2. The van der Waals surface area contributed by atoms with Crippen LogP contribution in [0.1, 0.15) is 36.2 Å². The zero-order valence-electron chi connectivity index (χ0n) is 11.0. The number of nitrogens with zero attached hydrogens (tertiary/aromatic N) is 2. The highest BCUT2D eigenvalue weighted by Crippen LogP contribution is 2.21. The van der Waals surface area contributed by atoms with Crippen molar-refractivity contribution in [3.05, 3.63) is 36.3 Å². The number of hydrogen-bond donors (Lipinski definition) is 2. The van der Waals surface area contributed by atoms with Crippen LogP contribution in [0.5, 0.6) is 0 Å². The summed E-state index contributed by atoms with van der Waals surface area (Å²) in [6.45, 7) is 0. The van der Waals surface area contributed by atoms with Crippen molar-refractivity contribution in [2.45, 2.75) is 31.7 Å². The van der Waals surface area contributed by atoms with Crippen molar-refractivity contribution in [3.63, 3.8) is 0 Å². The molecule has 6 heteroatoms. The van der Waals surface area contributed by atoms with E-state index in [1.54, 1.807) is 18.2 Å². The van der Waals surface area contributed by atoms with Crippen LogP contribution in [0.4, 0.5) is 11.6 Å². The van der Waals surface area contributed by atoms with Gasteiger partial charge in [0.1, 0.15) is 5.82 Å². The summed E-state index contributed by atoms with van der Waals surface area (Å²) in [6, 6.07) is 7.30. The van der Waals surface area contributed by atoms with Gasteiger partial charge in [0.05, 0.1) is 6.26 Å². The van der Waals surface area contributed by atoms with Crippen molar-refractivity contribution < 1.29 is 9.21 Å². The fraction of sp³-hybridized carbons (Fsp3) is 0.357. The van der Waals surface area contributed by atoms with E-state index in [2.05, 4.69) is 20.8 Å². The number of carbonyl (C=O) groups is 1. The maximum atomic E-state index is 11.8. The SMILES string of the molecule is O=C(Nc1ccc(NC2CCCC2)nn1)c1ccco1. The van der Waals surface area contributed by atoms with Gasteiger partial charge in [-0.1, -0.05) is 12.8 Å². The lowest BCUT2D eigenvalue weighted by Gasteiger charge is -2.11. The third-order valence-corrected chi connectivity index (χ3v) is 3.36. The molecule has 0 atom stereocenters. The van der Waals surface area contributed by atoms with Crippen LogP contribution in [0.15, 0.2) is 34.9 Å². The van der Waals surface area contributed by atoms with E-state index >= 15 is 0 Å². The number of aromatic nitrogens is 2. The Morgan fingerprint density at radius 1 is 1.15 bits per heavy atom. The lowest BCUT2D eigenvalue weighted by Crippen LogP contribution is -2.17. The molecule has 0 saturated heterocycles. The molecule has 104 valence electrons.